The maximum absolute atomic E-state index is 10.6. The minimum absolute atomic E-state index is 0.138. The lowest BCUT2D eigenvalue weighted by Crippen LogP contribution is -2.30. The zero-order chi connectivity index (χ0) is 24.0. The van der Waals surface area contributed by atoms with Crippen LogP contribution in [0.2, 0.25) is 10.0 Å². The molecule has 182 valence electrons. The van der Waals surface area contributed by atoms with Crippen LogP contribution in [0.4, 0.5) is 5.82 Å². The predicted molar refractivity (Wildman–Crippen MR) is 132 cm³/mol. The Bertz CT molecular complexity index is 1180. The summed E-state index contributed by atoms with van der Waals surface area (Å²) in [5, 5.41) is 44.3. The Morgan fingerprint density at radius 1 is 1.12 bits per heavy atom. The summed E-state index contributed by atoms with van der Waals surface area (Å²) in [5.41, 5.74) is 2.07. The molecule has 2 heterocycles. The van der Waals surface area contributed by atoms with Crippen molar-refractivity contribution in [2.24, 2.45) is 5.92 Å². The number of fused-ring (bicyclic) bond motifs is 1. The van der Waals surface area contributed by atoms with Gasteiger partial charge >= 0.3 is 0 Å². The Balaban J connectivity index is 1.46. The smallest absolute Gasteiger partial charge is 0.191 e. The van der Waals surface area contributed by atoms with Gasteiger partial charge in [-0.3, -0.25) is 0 Å². The maximum atomic E-state index is 10.6. The first-order valence-electron chi connectivity index (χ1n) is 11.3. The molecule has 0 amide bonds. The molecule has 0 saturated heterocycles. The highest BCUT2D eigenvalue weighted by Gasteiger charge is 2.44. The van der Waals surface area contributed by atoms with Gasteiger partial charge in [-0.15, -0.1) is 5.10 Å². The molecule has 12 heteroatoms. The normalized spacial score (nSPS) is 28.5. The first-order chi connectivity index (χ1) is 16.4. The van der Waals surface area contributed by atoms with E-state index in [-0.39, 0.29) is 18.6 Å². The predicted octanol–water partition coefficient (Wildman–Crippen LogP) is 3.27. The molecule has 5 rings (SSSR count). The molecule has 0 bridgehead atoms. The van der Waals surface area contributed by atoms with Crippen molar-refractivity contribution in [3.05, 3.63) is 33.8 Å². The van der Waals surface area contributed by atoms with Crippen molar-refractivity contribution in [3.8, 4) is 0 Å². The molecule has 3 aromatic rings. The van der Waals surface area contributed by atoms with Crippen molar-refractivity contribution >= 4 is 51.9 Å². The van der Waals surface area contributed by atoms with Crippen LogP contribution in [0.1, 0.15) is 43.7 Å². The van der Waals surface area contributed by atoms with Crippen LogP contribution in [-0.2, 0) is 0 Å². The van der Waals surface area contributed by atoms with Gasteiger partial charge in [0.05, 0.1) is 12.1 Å². The first kappa shape index (κ1) is 24.0. The molecular formula is C22H26Cl2N6O3S. The number of hydrogen-bond donors (Lipinski definition) is 4. The average Bonchev–Trinajstić information content (AvgIpc) is 3.35. The van der Waals surface area contributed by atoms with Gasteiger partial charge in [0.2, 0.25) is 0 Å². The maximum Gasteiger partial charge on any atom is 0.191 e. The van der Waals surface area contributed by atoms with E-state index in [0.29, 0.717) is 38.6 Å². The zero-order valence-corrected chi connectivity index (χ0v) is 20.8. The summed E-state index contributed by atoms with van der Waals surface area (Å²) < 4.78 is 1.56. The summed E-state index contributed by atoms with van der Waals surface area (Å²) in [7, 11) is 0. The molecule has 0 radical (unpaired) electrons. The van der Waals surface area contributed by atoms with E-state index in [2.05, 4.69) is 27.5 Å². The molecule has 1 aromatic carbocycles. The van der Waals surface area contributed by atoms with Crippen LogP contribution in [-0.4, -0.2) is 70.9 Å². The van der Waals surface area contributed by atoms with Crippen LogP contribution in [0.25, 0.3) is 11.2 Å². The van der Waals surface area contributed by atoms with Gasteiger partial charge in [-0.25, -0.2) is 14.6 Å². The Morgan fingerprint density at radius 2 is 1.88 bits per heavy atom. The Labute approximate surface area is 210 Å². The van der Waals surface area contributed by atoms with Gasteiger partial charge in [0, 0.05) is 40.3 Å². The molecule has 4 N–H and O–H groups in total. The zero-order valence-electron chi connectivity index (χ0n) is 18.5. The van der Waals surface area contributed by atoms with Crippen molar-refractivity contribution in [1.82, 2.24) is 25.0 Å². The van der Waals surface area contributed by atoms with E-state index in [1.54, 1.807) is 22.5 Å². The van der Waals surface area contributed by atoms with Gasteiger partial charge in [-0.2, -0.15) is 0 Å². The fraction of sp³-hybridized carbons (Fsp3) is 0.545. The van der Waals surface area contributed by atoms with E-state index in [0.717, 1.165) is 24.2 Å². The van der Waals surface area contributed by atoms with Crippen molar-refractivity contribution in [1.29, 1.82) is 0 Å². The van der Waals surface area contributed by atoms with E-state index in [1.165, 1.54) is 0 Å². The van der Waals surface area contributed by atoms with E-state index < -0.39 is 24.2 Å². The van der Waals surface area contributed by atoms with Crippen molar-refractivity contribution in [2.75, 3.05) is 17.7 Å². The average molecular weight is 525 g/mol. The number of anilines is 1. The molecule has 2 saturated carbocycles. The molecule has 6 atom stereocenters. The van der Waals surface area contributed by atoms with Gasteiger partial charge in [-0.1, -0.05) is 47.1 Å². The lowest BCUT2D eigenvalue weighted by Gasteiger charge is -2.17. The minimum Gasteiger partial charge on any atom is -0.396 e. The lowest BCUT2D eigenvalue weighted by atomic mass is 10.1. The molecule has 6 unspecified atom stereocenters. The number of nitrogens with one attached hydrogen (secondary N) is 1. The van der Waals surface area contributed by atoms with Crippen LogP contribution in [0, 0.1) is 5.92 Å². The first-order valence-corrected chi connectivity index (χ1v) is 13.1. The standard InChI is InChI=1S/C22H26Cl2N6O3S/c1-2-3-34-22-26-20(25-15-8-14(15)10-4-12(23)7-13(24)5-10)17-21(27-22)30(29-28-17)16-6-11(9-31)18(32)19(16)33/h4-5,7,11,14-16,18-19,31-33H,2-3,6,8-9H2,1H3,(H,25,26,27). The lowest BCUT2D eigenvalue weighted by molar-refractivity contribution is -0.00512. The number of nitrogens with zero attached hydrogens (tertiary/aromatic N) is 5. The number of aliphatic hydroxyl groups excluding tert-OH is 3. The third-order valence-electron chi connectivity index (χ3n) is 6.48. The largest absolute Gasteiger partial charge is 0.396 e. The van der Waals surface area contributed by atoms with Crippen LogP contribution >= 0.6 is 35.0 Å². The van der Waals surface area contributed by atoms with Crippen molar-refractivity contribution in [2.45, 2.75) is 61.6 Å². The number of aromatic nitrogens is 5. The highest BCUT2D eigenvalue weighted by atomic mass is 35.5. The third-order valence-corrected chi connectivity index (χ3v) is 7.97. The number of rotatable bonds is 8. The molecule has 0 spiro atoms. The summed E-state index contributed by atoms with van der Waals surface area (Å²) >= 11 is 13.9. The fourth-order valence-corrected chi connectivity index (χ4v) is 5.84. The van der Waals surface area contributed by atoms with Gasteiger partial charge < -0.3 is 20.6 Å². The second-order valence-electron chi connectivity index (χ2n) is 8.93. The third kappa shape index (κ3) is 4.59. The monoisotopic (exact) mass is 524 g/mol. The number of halogens is 2. The molecular weight excluding hydrogens is 499 g/mol. The van der Waals surface area contributed by atoms with E-state index in [9.17, 15) is 15.3 Å². The minimum atomic E-state index is -1.07. The van der Waals surface area contributed by atoms with Crippen LogP contribution < -0.4 is 5.32 Å². The van der Waals surface area contributed by atoms with E-state index in [4.69, 9.17) is 28.2 Å². The summed E-state index contributed by atoms with van der Waals surface area (Å²) in [6.45, 7) is 1.88. The van der Waals surface area contributed by atoms with Gasteiger partial charge in [0.15, 0.2) is 22.1 Å². The number of benzene rings is 1. The van der Waals surface area contributed by atoms with Crippen molar-refractivity contribution in [3.63, 3.8) is 0 Å². The number of thioether (sulfide) groups is 1. The van der Waals surface area contributed by atoms with E-state index in [1.807, 2.05) is 12.1 Å². The molecule has 2 aromatic heterocycles. The molecule has 9 nitrogen and oxygen atoms in total. The summed E-state index contributed by atoms with van der Waals surface area (Å²) in [6.07, 6.45) is 0.152. The molecule has 2 fully saturated rings. The summed E-state index contributed by atoms with van der Waals surface area (Å²) in [4.78, 5) is 9.38. The highest BCUT2D eigenvalue weighted by molar-refractivity contribution is 7.99. The number of aliphatic hydroxyl groups is 3. The second kappa shape index (κ2) is 9.75. The summed E-state index contributed by atoms with van der Waals surface area (Å²) in [5.74, 6) is 1.27. The molecule has 0 aliphatic heterocycles. The number of hydrogen-bond acceptors (Lipinski definition) is 9. The van der Waals surface area contributed by atoms with Crippen LogP contribution in [0.5, 0.6) is 0 Å². The Hall–Kier alpha value is -1.69. The highest BCUT2D eigenvalue weighted by Crippen LogP contribution is 2.45. The van der Waals surface area contributed by atoms with Crippen LogP contribution in [0.15, 0.2) is 23.4 Å². The van der Waals surface area contributed by atoms with Gasteiger partial charge in [0.1, 0.15) is 6.10 Å². The topological polar surface area (TPSA) is 129 Å². The Kier molecular flexibility index (Phi) is 6.89. The van der Waals surface area contributed by atoms with Gasteiger partial charge in [0.25, 0.3) is 0 Å². The second-order valence-corrected chi connectivity index (χ2v) is 10.9. The van der Waals surface area contributed by atoms with E-state index >= 15 is 0 Å². The molecule has 34 heavy (non-hydrogen) atoms. The molecule has 2 aliphatic carbocycles. The van der Waals surface area contributed by atoms with Crippen molar-refractivity contribution < 1.29 is 15.3 Å². The SMILES string of the molecule is CCCSc1nc(NC2CC2c2cc(Cl)cc(Cl)c2)c2nnn(C3CC(CO)C(O)C3O)c2n1. The van der Waals surface area contributed by atoms with Gasteiger partial charge in [-0.05, 0) is 43.0 Å². The fourth-order valence-electron chi connectivity index (χ4n) is 4.60. The Morgan fingerprint density at radius 3 is 2.56 bits per heavy atom. The molecule has 2 aliphatic rings. The summed E-state index contributed by atoms with van der Waals surface area (Å²) in [6, 6.07) is 5.18. The quantitative estimate of drug-likeness (QED) is 0.259. The van der Waals surface area contributed by atoms with Crippen LogP contribution in [0.3, 0.4) is 0 Å².